The molecule has 1 aromatic carbocycles. The fourth-order valence-electron chi connectivity index (χ4n) is 2.38. The summed E-state index contributed by atoms with van der Waals surface area (Å²) < 4.78 is 0. The fraction of sp³-hybridized carbons (Fsp3) is 0.533. The first-order valence-electron chi connectivity index (χ1n) is 6.35. The van der Waals surface area contributed by atoms with E-state index in [-0.39, 0.29) is 5.41 Å². The molecule has 1 aliphatic rings. The molecule has 0 aromatic heterocycles. The minimum absolute atomic E-state index is 0.189. The molecule has 0 amide bonds. The Labute approximate surface area is 103 Å². The Balaban J connectivity index is 2.63. The number of nitrogens with zero attached hydrogens (tertiary/aromatic N) is 1. The Kier molecular flexibility index (Phi) is 3.09. The molecular weight excluding hydrogens is 208 g/mol. The van der Waals surface area contributed by atoms with Crippen molar-refractivity contribution in [3.05, 3.63) is 34.3 Å². The second kappa shape index (κ2) is 4.26. The molecule has 0 bridgehead atoms. The van der Waals surface area contributed by atoms with Gasteiger partial charge in [-0.3, -0.25) is 4.99 Å². The molecule has 2 rings (SSSR count). The largest absolute Gasteiger partial charge is 0.330 e. The molecule has 1 aromatic rings. The van der Waals surface area contributed by atoms with Crippen LogP contribution in [0.25, 0.3) is 5.57 Å². The first-order chi connectivity index (χ1) is 7.93. The normalized spacial score (nSPS) is 19.1. The van der Waals surface area contributed by atoms with Gasteiger partial charge in [0.2, 0.25) is 0 Å². The summed E-state index contributed by atoms with van der Waals surface area (Å²) >= 11 is 0. The third-order valence-corrected chi connectivity index (χ3v) is 3.46. The zero-order valence-corrected chi connectivity index (χ0v) is 11.2. The van der Waals surface area contributed by atoms with Crippen molar-refractivity contribution in [2.24, 2.45) is 10.7 Å². The third-order valence-electron chi connectivity index (χ3n) is 3.46. The van der Waals surface area contributed by atoms with Gasteiger partial charge in [-0.1, -0.05) is 26.8 Å². The SMILES string of the molecule is C[C@@H]1N=c2ccc(C(C)(C)C)cc2=C1CCN. The summed E-state index contributed by atoms with van der Waals surface area (Å²) in [5.41, 5.74) is 8.65. The van der Waals surface area contributed by atoms with Crippen LogP contribution in [-0.2, 0) is 5.41 Å². The first kappa shape index (κ1) is 12.3. The van der Waals surface area contributed by atoms with Crippen molar-refractivity contribution in [3.8, 4) is 0 Å². The van der Waals surface area contributed by atoms with E-state index in [0.29, 0.717) is 12.6 Å². The molecule has 17 heavy (non-hydrogen) atoms. The minimum atomic E-state index is 0.189. The highest BCUT2D eigenvalue weighted by molar-refractivity contribution is 5.53. The summed E-state index contributed by atoms with van der Waals surface area (Å²) in [6, 6.07) is 6.94. The number of nitrogens with two attached hydrogens (primary N) is 1. The average Bonchev–Trinajstić information content (AvgIpc) is 2.54. The molecule has 92 valence electrons. The molecule has 0 aliphatic carbocycles. The molecule has 0 spiro atoms. The van der Waals surface area contributed by atoms with Gasteiger partial charge in [0.25, 0.3) is 0 Å². The van der Waals surface area contributed by atoms with Gasteiger partial charge >= 0.3 is 0 Å². The van der Waals surface area contributed by atoms with Crippen LogP contribution in [0, 0.1) is 0 Å². The lowest BCUT2D eigenvalue weighted by Crippen LogP contribution is -2.27. The lowest BCUT2D eigenvalue weighted by Gasteiger charge is -2.18. The molecule has 0 saturated carbocycles. The Morgan fingerprint density at radius 2 is 2.00 bits per heavy atom. The predicted molar refractivity (Wildman–Crippen MR) is 72.5 cm³/mol. The van der Waals surface area contributed by atoms with E-state index in [1.54, 1.807) is 0 Å². The summed E-state index contributed by atoms with van der Waals surface area (Å²) in [6.07, 6.45) is 0.950. The van der Waals surface area contributed by atoms with Crippen LogP contribution < -0.4 is 16.3 Å². The highest BCUT2D eigenvalue weighted by atomic mass is 14.8. The zero-order valence-electron chi connectivity index (χ0n) is 11.2. The van der Waals surface area contributed by atoms with Crippen molar-refractivity contribution in [2.75, 3.05) is 6.54 Å². The van der Waals surface area contributed by atoms with Crippen LogP contribution in [0.4, 0.5) is 0 Å². The molecule has 2 nitrogen and oxygen atoms in total. The number of hydrogen-bond acceptors (Lipinski definition) is 2. The van der Waals surface area contributed by atoms with Crippen LogP contribution in [0.1, 0.15) is 39.7 Å². The van der Waals surface area contributed by atoms with Crippen LogP contribution in [0.5, 0.6) is 0 Å². The van der Waals surface area contributed by atoms with E-state index >= 15 is 0 Å². The number of rotatable bonds is 2. The number of benzene rings is 1. The number of fused-ring (bicyclic) bond motifs is 1. The van der Waals surface area contributed by atoms with E-state index < -0.39 is 0 Å². The average molecular weight is 230 g/mol. The molecule has 0 saturated heterocycles. The van der Waals surface area contributed by atoms with E-state index in [9.17, 15) is 0 Å². The van der Waals surface area contributed by atoms with Gasteiger partial charge in [0.15, 0.2) is 0 Å². The first-order valence-corrected chi connectivity index (χ1v) is 6.35. The van der Waals surface area contributed by atoms with Gasteiger partial charge in [-0.25, -0.2) is 0 Å². The lowest BCUT2D eigenvalue weighted by molar-refractivity contribution is 0.589. The zero-order chi connectivity index (χ0) is 12.6. The highest BCUT2D eigenvalue weighted by Gasteiger charge is 2.18. The van der Waals surface area contributed by atoms with Crippen molar-refractivity contribution < 1.29 is 0 Å². The molecular formula is C15H22N2. The van der Waals surface area contributed by atoms with Crippen molar-refractivity contribution >= 4 is 5.57 Å². The van der Waals surface area contributed by atoms with Gasteiger partial charge < -0.3 is 5.73 Å². The van der Waals surface area contributed by atoms with E-state index in [1.165, 1.54) is 16.4 Å². The Bertz CT molecular complexity index is 535. The Morgan fingerprint density at radius 3 is 2.59 bits per heavy atom. The summed E-state index contributed by atoms with van der Waals surface area (Å²) in [5, 5.41) is 2.45. The van der Waals surface area contributed by atoms with Gasteiger partial charge in [0.1, 0.15) is 0 Å². The molecule has 2 N–H and O–H groups in total. The van der Waals surface area contributed by atoms with E-state index in [0.717, 1.165) is 11.8 Å². The van der Waals surface area contributed by atoms with Crippen LogP contribution in [0.2, 0.25) is 0 Å². The molecule has 1 atom stereocenters. The molecule has 0 radical (unpaired) electrons. The molecule has 2 heteroatoms. The standard InChI is InChI=1S/C15H22N2/c1-10-12(7-8-16)13-9-11(15(2,3)4)5-6-14(13)17-10/h5-6,9-10H,7-8,16H2,1-4H3/t10-/m0/s1. The Hall–Kier alpha value is -1.15. The smallest absolute Gasteiger partial charge is 0.0698 e. The quantitative estimate of drug-likeness (QED) is 0.821. The maximum atomic E-state index is 5.69. The second-order valence-electron chi connectivity index (χ2n) is 5.85. The predicted octanol–water partition coefficient (Wildman–Crippen LogP) is 1.51. The number of hydrogen-bond donors (Lipinski definition) is 1. The summed E-state index contributed by atoms with van der Waals surface area (Å²) in [4.78, 5) is 4.68. The molecule has 1 aliphatic heterocycles. The maximum Gasteiger partial charge on any atom is 0.0698 e. The van der Waals surface area contributed by atoms with Crippen LogP contribution in [0.3, 0.4) is 0 Å². The lowest BCUT2D eigenvalue weighted by atomic mass is 9.86. The van der Waals surface area contributed by atoms with Crippen LogP contribution in [-0.4, -0.2) is 12.6 Å². The minimum Gasteiger partial charge on any atom is -0.330 e. The Morgan fingerprint density at radius 1 is 1.29 bits per heavy atom. The maximum absolute atomic E-state index is 5.69. The van der Waals surface area contributed by atoms with E-state index in [4.69, 9.17) is 5.73 Å². The fourth-order valence-corrected chi connectivity index (χ4v) is 2.38. The van der Waals surface area contributed by atoms with Crippen molar-refractivity contribution in [2.45, 2.75) is 45.6 Å². The van der Waals surface area contributed by atoms with Gasteiger partial charge in [0, 0.05) is 5.22 Å². The van der Waals surface area contributed by atoms with Crippen molar-refractivity contribution in [3.63, 3.8) is 0 Å². The molecule has 0 unspecified atom stereocenters. The molecule has 1 heterocycles. The van der Waals surface area contributed by atoms with E-state index in [2.05, 4.69) is 50.9 Å². The van der Waals surface area contributed by atoms with Gasteiger partial charge in [-0.15, -0.1) is 0 Å². The summed E-state index contributed by atoms with van der Waals surface area (Å²) in [6.45, 7) is 9.59. The van der Waals surface area contributed by atoms with Gasteiger partial charge in [0.05, 0.1) is 11.4 Å². The van der Waals surface area contributed by atoms with Gasteiger partial charge in [-0.2, -0.15) is 0 Å². The van der Waals surface area contributed by atoms with Crippen LogP contribution in [0.15, 0.2) is 23.2 Å². The topological polar surface area (TPSA) is 38.4 Å². The molecule has 0 fully saturated rings. The van der Waals surface area contributed by atoms with Crippen molar-refractivity contribution in [1.29, 1.82) is 0 Å². The summed E-state index contributed by atoms with van der Waals surface area (Å²) in [7, 11) is 0. The summed E-state index contributed by atoms with van der Waals surface area (Å²) in [5.74, 6) is 0. The monoisotopic (exact) mass is 230 g/mol. The van der Waals surface area contributed by atoms with Crippen LogP contribution >= 0.6 is 0 Å². The third kappa shape index (κ3) is 2.27. The van der Waals surface area contributed by atoms with Gasteiger partial charge in [-0.05, 0) is 48.6 Å². The second-order valence-corrected chi connectivity index (χ2v) is 5.85. The van der Waals surface area contributed by atoms with E-state index in [1.807, 2.05) is 0 Å². The highest BCUT2D eigenvalue weighted by Crippen LogP contribution is 2.21. The van der Waals surface area contributed by atoms with Crippen molar-refractivity contribution in [1.82, 2.24) is 0 Å².